The van der Waals surface area contributed by atoms with Crippen molar-refractivity contribution in [2.45, 2.75) is 38.8 Å². The average molecular weight is 339 g/mol. The number of carbonyl (C=O) groups is 2. The Morgan fingerprint density at radius 2 is 2.09 bits per heavy atom. The van der Waals surface area contributed by atoms with Gasteiger partial charge in [0.05, 0.1) is 0 Å². The molecule has 0 spiro atoms. The second-order valence-electron chi connectivity index (χ2n) is 6.24. The van der Waals surface area contributed by atoms with Crippen molar-refractivity contribution >= 4 is 34.6 Å². The van der Waals surface area contributed by atoms with Gasteiger partial charge in [-0.1, -0.05) is 17.7 Å². The molecule has 2 rings (SSSR count). The number of amides is 1. The fourth-order valence-electron chi connectivity index (χ4n) is 2.20. The number of ether oxygens (including phenoxy) is 1. The highest BCUT2D eigenvalue weighted by Crippen LogP contribution is 2.23. The third kappa shape index (κ3) is 4.63. The van der Waals surface area contributed by atoms with Crippen molar-refractivity contribution in [1.29, 1.82) is 0 Å². The number of alkyl carbamates (subject to hydrolysis) is 1. The van der Waals surface area contributed by atoms with Crippen LogP contribution in [0, 0.1) is 0 Å². The maximum atomic E-state index is 11.8. The van der Waals surface area contributed by atoms with Gasteiger partial charge in [0.2, 0.25) is 0 Å². The summed E-state index contributed by atoms with van der Waals surface area (Å²) >= 11 is 5.93. The molecule has 124 valence electrons. The van der Waals surface area contributed by atoms with E-state index in [1.165, 1.54) is 0 Å². The van der Waals surface area contributed by atoms with Crippen LogP contribution < -0.4 is 5.32 Å². The molecule has 7 heteroatoms. The van der Waals surface area contributed by atoms with Gasteiger partial charge in [0.15, 0.2) is 0 Å². The number of hydrogen-bond acceptors (Lipinski definition) is 3. The van der Waals surface area contributed by atoms with Gasteiger partial charge in [-0.3, -0.25) is 0 Å². The Kier molecular flexibility index (Phi) is 4.85. The number of nitrogens with one attached hydrogen (secondary N) is 2. The molecular weight excluding hydrogens is 320 g/mol. The van der Waals surface area contributed by atoms with Gasteiger partial charge in [0.25, 0.3) is 0 Å². The number of carboxylic acids is 1. The minimum atomic E-state index is -1.13. The molecule has 1 aromatic carbocycles. The molecule has 0 aliphatic heterocycles. The lowest BCUT2D eigenvalue weighted by Gasteiger charge is -2.22. The maximum absolute atomic E-state index is 11.8. The van der Waals surface area contributed by atoms with Crippen LogP contribution in [-0.4, -0.2) is 33.8 Å². The summed E-state index contributed by atoms with van der Waals surface area (Å²) in [6, 6.07) is 4.23. The molecule has 6 nitrogen and oxygen atoms in total. The third-order valence-corrected chi connectivity index (χ3v) is 3.38. The summed E-state index contributed by atoms with van der Waals surface area (Å²) in [4.78, 5) is 26.2. The predicted molar refractivity (Wildman–Crippen MR) is 87.8 cm³/mol. The van der Waals surface area contributed by atoms with E-state index in [1.54, 1.807) is 39.1 Å². The number of aromatic amines is 1. The number of rotatable bonds is 4. The summed E-state index contributed by atoms with van der Waals surface area (Å²) < 4.78 is 5.10. The van der Waals surface area contributed by atoms with Crippen LogP contribution in [-0.2, 0) is 16.0 Å². The Balaban J connectivity index is 2.15. The fraction of sp³-hybridized carbons (Fsp3) is 0.375. The van der Waals surface area contributed by atoms with Gasteiger partial charge in [-0.2, -0.15) is 0 Å². The summed E-state index contributed by atoms with van der Waals surface area (Å²) in [5.41, 5.74) is 0.902. The highest BCUT2D eigenvalue weighted by Gasteiger charge is 2.25. The van der Waals surface area contributed by atoms with E-state index in [0.29, 0.717) is 5.02 Å². The highest BCUT2D eigenvalue weighted by atomic mass is 35.5. The number of carboxylic acid groups (broad SMARTS) is 1. The SMILES string of the molecule is CC(C)(C)OC(=O)NC(Cc1c[nH]c2cc(Cl)ccc12)C(=O)O. The normalized spacial score (nSPS) is 12.9. The monoisotopic (exact) mass is 338 g/mol. The molecule has 0 aliphatic carbocycles. The molecule has 0 saturated heterocycles. The molecule has 1 atom stereocenters. The highest BCUT2D eigenvalue weighted by molar-refractivity contribution is 6.31. The average Bonchev–Trinajstić information content (AvgIpc) is 2.78. The minimum Gasteiger partial charge on any atom is -0.480 e. The quantitative estimate of drug-likeness (QED) is 0.797. The molecule has 2 aromatic rings. The van der Waals surface area contributed by atoms with Crippen molar-refractivity contribution in [3.05, 3.63) is 35.0 Å². The smallest absolute Gasteiger partial charge is 0.408 e. The van der Waals surface area contributed by atoms with Crippen molar-refractivity contribution in [1.82, 2.24) is 10.3 Å². The fourth-order valence-corrected chi connectivity index (χ4v) is 2.37. The molecular formula is C16H19ClN2O4. The Morgan fingerprint density at radius 3 is 2.70 bits per heavy atom. The lowest BCUT2D eigenvalue weighted by molar-refractivity contribution is -0.139. The van der Waals surface area contributed by atoms with Crippen LogP contribution in [0.1, 0.15) is 26.3 Å². The lowest BCUT2D eigenvalue weighted by atomic mass is 10.1. The first-order valence-corrected chi connectivity index (χ1v) is 7.51. The summed E-state index contributed by atoms with van der Waals surface area (Å²) in [6.45, 7) is 5.14. The molecule has 1 unspecified atom stereocenters. The van der Waals surface area contributed by atoms with Crippen molar-refractivity contribution in [3.8, 4) is 0 Å². The zero-order valence-corrected chi connectivity index (χ0v) is 13.9. The maximum Gasteiger partial charge on any atom is 0.408 e. The van der Waals surface area contributed by atoms with E-state index in [-0.39, 0.29) is 6.42 Å². The van der Waals surface area contributed by atoms with Gasteiger partial charge in [0, 0.05) is 28.5 Å². The largest absolute Gasteiger partial charge is 0.480 e. The first-order chi connectivity index (χ1) is 10.7. The Hall–Kier alpha value is -2.21. The van der Waals surface area contributed by atoms with Crippen molar-refractivity contribution < 1.29 is 19.4 Å². The summed E-state index contributed by atoms with van der Waals surface area (Å²) in [5.74, 6) is -1.13. The second-order valence-corrected chi connectivity index (χ2v) is 6.68. The number of halogens is 1. The van der Waals surface area contributed by atoms with Gasteiger partial charge in [-0.25, -0.2) is 9.59 Å². The predicted octanol–water partition coefficient (Wildman–Crippen LogP) is 3.34. The third-order valence-electron chi connectivity index (χ3n) is 3.14. The zero-order valence-electron chi connectivity index (χ0n) is 13.1. The van der Waals surface area contributed by atoms with Crippen molar-refractivity contribution in [2.75, 3.05) is 0 Å². The molecule has 0 bridgehead atoms. The zero-order chi connectivity index (χ0) is 17.2. The number of H-pyrrole nitrogens is 1. The van der Waals surface area contributed by atoms with Crippen molar-refractivity contribution in [3.63, 3.8) is 0 Å². The van der Waals surface area contributed by atoms with Crippen LogP contribution in [0.2, 0.25) is 5.02 Å². The van der Waals surface area contributed by atoms with E-state index >= 15 is 0 Å². The van der Waals surface area contributed by atoms with Gasteiger partial charge in [0.1, 0.15) is 11.6 Å². The molecule has 0 radical (unpaired) electrons. The molecule has 1 aromatic heterocycles. The first-order valence-electron chi connectivity index (χ1n) is 7.13. The van der Waals surface area contributed by atoms with E-state index in [1.807, 2.05) is 6.07 Å². The Bertz CT molecular complexity index is 733. The first kappa shape index (κ1) is 17.1. The van der Waals surface area contributed by atoms with E-state index in [9.17, 15) is 14.7 Å². The van der Waals surface area contributed by atoms with Crippen LogP contribution >= 0.6 is 11.6 Å². The minimum absolute atomic E-state index is 0.135. The van der Waals surface area contributed by atoms with E-state index in [0.717, 1.165) is 16.5 Å². The van der Waals surface area contributed by atoms with E-state index in [2.05, 4.69) is 10.3 Å². The Labute approximate surface area is 138 Å². The number of aromatic nitrogens is 1. The Morgan fingerprint density at radius 1 is 1.39 bits per heavy atom. The number of hydrogen-bond donors (Lipinski definition) is 3. The topological polar surface area (TPSA) is 91.4 Å². The number of fused-ring (bicyclic) bond motifs is 1. The molecule has 23 heavy (non-hydrogen) atoms. The van der Waals surface area contributed by atoms with E-state index < -0.39 is 23.7 Å². The van der Waals surface area contributed by atoms with Crippen molar-refractivity contribution in [2.24, 2.45) is 0 Å². The number of carbonyl (C=O) groups excluding carboxylic acids is 1. The van der Waals surface area contributed by atoms with Crippen LogP contribution in [0.5, 0.6) is 0 Å². The molecule has 1 amide bonds. The van der Waals surface area contributed by atoms with Gasteiger partial charge in [-0.05, 0) is 38.5 Å². The van der Waals surface area contributed by atoms with Gasteiger partial charge in [-0.15, -0.1) is 0 Å². The standard InChI is InChI=1S/C16H19ClN2O4/c1-16(2,3)23-15(22)19-13(14(20)21)6-9-8-18-12-7-10(17)4-5-11(9)12/h4-5,7-8,13,18H,6H2,1-3H3,(H,19,22)(H,20,21). The van der Waals surface area contributed by atoms with Gasteiger partial charge < -0.3 is 20.1 Å². The van der Waals surface area contributed by atoms with Crippen LogP contribution in [0.4, 0.5) is 4.79 Å². The van der Waals surface area contributed by atoms with Crippen LogP contribution in [0.3, 0.4) is 0 Å². The van der Waals surface area contributed by atoms with Gasteiger partial charge >= 0.3 is 12.1 Å². The molecule has 3 N–H and O–H groups in total. The lowest BCUT2D eigenvalue weighted by Crippen LogP contribution is -2.44. The summed E-state index contributed by atoms with van der Waals surface area (Å²) in [5, 5.41) is 13.2. The van der Waals surface area contributed by atoms with Crippen LogP contribution in [0.15, 0.2) is 24.4 Å². The second kappa shape index (κ2) is 6.50. The van der Waals surface area contributed by atoms with Crippen LogP contribution in [0.25, 0.3) is 10.9 Å². The molecule has 0 fully saturated rings. The molecule has 0 aliphatic rings. The summed E-state index contributed by atoms with van der Waals surface area (Å²) in [6.07, 6.45) is 1.09. The number of benzene rings is 1. The summed E-state index contributed by atoms with van der Waals surface area (Å²) in [7, 11) is 0. The molecule has 0 saturated carbocycles. The molecule has 1 heterocycles. The number of aliphatic carboxylic acids is 1. The van der Waals surface area contributed by atoms with E-state index in [4.69, 9.17) is 16.3 Å².